The number of hydrogen-bond donors (Lipinski definition) is 1. The second-order valence-electron chi connectivity index (χ2n) is 6.81. The number of ether oxygens (including phenoxy) is 1. The Labute approximate surface area is 158 Å². The Morgan fingerprint density at radius 3 is 2.30 bits per heavy atom. The molecule has 6 nitrogen and oxygen atoms in total. The molecule has 1 N–H and O–H groups in total. The van der Waals surface area contributed by atoms with Gasteiger partial charge in [-0.25, -0.2) is 4.79 Å². The van der Waals surface area contributed by atoms with E-state index in [4.69, 9.17) is 0 Å². The summed E-state index contributed by atoms with van der Waals surface area (Å²) in [5.41, 5.74) is 3.97. The Morgan fingerprint density at radius 1 is 1.07 bits per heavy atom. The van der Waals surface area contributed by atoms with Gasteiger partial charge in [-0.2, -0.15) is 0 Å². The van der Waals surface area contributed by atoms with E-state index in [1.54, 1.807) is 29.2 Å². The molecule has 1 saturated heterocycles. The second-order valence-corrected chi connectivity index (χ2v) is 6.81. The summed E-state index contributed by atoms with van der Waals surface area (Å²) in [6, 6.07) is 12.4. The normalized spacial score (nSPS) is 16.3. The standard InChI is InChI=1S/C21H22N2O4/c1-13-8-14(2)10-18(9-13)23-12-16(11-19(23)24)20(25)22-17-6-4-15(5-7-17)21(26)27-3/h4-10,16H,11-12H2,1-3H3,(H,22,25)/t16-/m1/s1. The number of nitrogens with zero attached hydrogens (tertiary/aromatic N) is 1. The summed E-state index contributed by atoms with van der Waals surface area (Å²) in [5, 5.41) is 2.81. The van der Waals surface area contributed by atoms with Crippen LogP contribution < -0.4 is 10.2 Å². The molecule has 1 atom stereocenters. The van der Waals surface area contributed by atoms with Gasteiger partial charge in [0, 0.05) is 24.3 Å². The van der Waals surface area contributed by atoms with Gasteiger partial charge in [0.05, 0.1) is 18.6 Å². The smallest absolute Gasteiger partial charge is 0.337 e. The first-order valence-electron chi connectivity index (χ1n) is 8.75. The quantitative estimate of drug-likeness (QED) is 0.844. The minimum atomic E-state index is -0.432. The fourth-order valence-electron chi connectivity index (χ4n) is 3.29. The summed E-state index contributed by atoms with van der Waals surface area (Å²) in [6.45, 7) is 4.33. The van der Waals surface area contributed by atoms with E-state index in [0.29, 0.717) is 17.8 Å². The van der Waals surface area contributed by atoms with Gasteiger partial charge in [-0.1, -0.05) is 6.07 Å². The van der Waals surface area contributed by atoms with Crippen molar-refractivity contribution in [2.75, 3.05) is 23.9 Å². The van der Waals surface area contributed by atoms with Crippen LogP contribution in [-0.4, -0.2) is 31.4 Å². The van der Waals surface area contributed by atoms with Crippen molar-refractivity contribution >= 4 is 29.2 Å². The largest absolute Gasteiger partial charge is 0.465 e. The summed E-state index contributed by atoms with van der Waals surface area (Å²) in [5.74, 6) is -1.11. The fourth-order valence-corrected chi connectivity index (χ4v) is 3.29. The number of amides is 2. The van der Waals surface area contributed by atoms with E-state index in [-0.39, 0.29) is 18.2 Å². The van der Waals surface area contributed by atoms with Crippen LogP contribution in [0.3, 0.4) is 0 Å². The summed E-state index contributed by atoms with van der Waals surface area (Å²) < 4.78 is 4.65. The average molecular weight is 366 g/mol. The minimum absolute atomic E-state index is 0.0545. The number of carbonyl (C=O) groups is 3. The lowest BCUT2D eigenvalue weighted by atomic mass is 10.1. The molecule has 0 saturated carbocycles. The second kappa shape index (κ2) is 7.61. The third kappa shape index (κ3) is 4.16. The molecule has 0 aliphatic carbocycles. The number of carbonyl (C=O) groups excluding carboxylic acids is 3. The molecular formula is C21H22N2O4. The van der Waals surface area contributed by atoms with Crippen LogP contribution >= 0.6 is 0 Å². The number of esters is 1. The molecule has 2 amide bonds. The van der Waals surface area contributed by atoms with Crippen LogP contribution in [0.25, 0.3) is 0 Å². The lowest BCUT2D eigenvalue weighted by molar-refractivity contribution is -0.122. The Bertz CT molecular complexity index is 869. The predicted molar refractivity (Wildman–Crippen MR) is 103 cm³/mol. The van der Waals surface area contributed by atoms with Crippen LogP contribution in [0.5, 0.6) is 0 Å². The highest BCUT2D eigenvalue weighted by Crippen LogP contribution is 2.27. The molecule has 0 bridgehead atoms. The molecule has 0 unspecified atom stereocenters. The van der Waals surface area contributed by atoms with Crippen LogP contribution in [0.15, 0.2) is 42.5 Å². The predicted octanol–water partition coefficient (Wildman–Crippen LogP) is 3.08. The van der Waals surface area contributed by atoms with Gasteiger partial charge in [0.1, 0.15) is 0 Å². The SMILES string of the molecule is COC(=O)c1ccc(NC(=O)[C@@H]2CC(=O)N(c3cc(C)cc(C)c3)C2)cc1. The molecule has 0 aromatic heterocycles. The topological polar surface area (TPSA) is 75.7 Å². The van der Waals surface area contributed by atoms with E-state index in [0.717, 1.165) is 16.8 Å². The first kappa shape index (κ1) is 18.6. The molecule has 0 radical (unpaired) electrons. The van der Waals surface area contributed by atoms with E-state index in [1.165, 1.54) is 7.11 Å². The van der Waals surface area contributed by atoms with Crippen LogP contribution in [0.2, 0.25) is 0 Å². The van der Waals surface area contributed by atoms with Crippen molar-refractivity contribution in [3.05, 3.63) is 59.2 Å². The maximum absolute atomic E-state index is 12.6. The van der Waals surface area contributed by atoms with Gasteiger partial charge in [-0.3, -0.25) is 9.59 Å². The van der Waals surface area contributed by atoms with Crippen molar-refractivity contribution < 1.29 is 19.1 Å². The average Bonchev–Trinajstić information content (AvgIpc) is 3.03. The Kier molecular flexibility index (Phi) is 5.26. The fraction of sp³-hybridized carbons (Fsp3) is 0.286. The van der Waals surface area contributed by atoms with Crippen molar-refractivity contribution in [3.8, 4) is 0 Å². The van der Waals surface area contributed by atoms with Gasteiger partial charge in [0.25, 0.3) is 0 Å². The summed E-state index contributed by atoms with van der Waals surface area (Å²) in [4.78, 5) is 38.1. The van der Waals surface area contributed by atoms with Crippen molar-refractivity contribution in [2.45, 2.75) is 20.3 Å². The highest BCUT2D eigenvalue weighted by molar-refractivity contribution is 6.03. The van der Waals surface area contributed by atoms with E-state index in [2.05, 4.69) is 10.1 Å². The summed E-state index contributed by atoms with van der Waals surface area (Å²) in [7, 11) is 1.32. The van der Waals surface area contributed by atoms with E-state index < -0.39 is 11.9 Å². The van der Waals surface area contributed by atoms with Crippen molar-refractivity contribution in [1.82, 2.24) is 0 Å². The van der Waals surface area contributed by atoms with E-state index >= 15 is 0 Å². The van der Waals surface area contributed by atoms with Gasteiger partial charge in [0.2, 0.25) is 11.8 Å². The molecule has 3 rings (SSSR count). The van der Waals surface area contributed by atoms with Gasteiger partial charge in [0.15, 0.2) is 0 Å². The number of methoxy groups -OCH3 is 1. The van der Waals surface area contributed by atoms with Crippen LogP contribution in [0.4, 0.5) is 11.4 Å². The van der Waals surface area contributed by atoms with Crippen LogP contribution in [0.1, 0.15) is 27.9 Å². The number of nitrogens with one attached hydrogen (secondary N) is 1. The van der Waals surface area contributed by atoms with Gasteiger partial charge < -0.3 is 15.0 Å². The van der Waals surface area contributed by atoms with Crippen LogP contribution in [-0.2, 0) is 14.3 Å². The molecule has 2 aromatic rings. The Balaban J connectivity index is 1.67. The molecule has 140 valence electrons. The lowest BCUT2D eigenvalue weighted by Gasteiger charge is -2.18. The van der Waals surface area contributed by atoms with Crippen LogP contribution in [0, 0.1) is 19.8 Å². The first-order valence-corrected chi connectivity index (χ1v) is 8.75. The summed E-state index contributed by atoms with van der Waals surface area (Å²) >= 11 is 0. The van der Waals surface area contributed by atoms with Crippen molar-refractivity contribution in [3.63, 3.8) is 0 Å². The number of anilines is 2. The number of aryl methyl sites for hydroxylation is 2. The van der Waals surface area contributed by atoms with Gasteiger partial charge in [-0.15, -0.1) is 0 Å². The maximum Gasteiger partial charge on any atom is 0.337 e. The van der Waals surface area contributed by atoms with E-state index in [1.807, 2.05) is 32.0 Å². The van der Waals surface area contributed by atoms with E-state index in [9.17, 15) is 14.4 Å². The molecule has 1 fully saturated rings. The maximum atomic E-state index is 12.6. The van der Waals surface area contributed by atoms with Gasteiger partial charge in [-0.05, 0) is 61.4 Å². The molecule has 27 heavy (non-hydrogen) atoms. The third-order valence-electron chi connectivity index (χ3n) is 4.59. The molecule has 1 aliphatic heterocycles. The highest BCUT2D eigenvalue weighted by atomic mass is 16.5. The highest BCUT2D eigenvalue weighted by Gasteiger charge is 2.35. The minimum Gasteiger partial charge on any atom is -0.465 e. The lowest BCUT2D eigenvalue weighted by Crippen LogP contribution is -2.28. The number of hydrogen-bond acceptors (Lipinski definition) is 4. The van der Waals surface area contributed by atoms with Gasteiger partial charge >= 0.3 is 5.97 Å². The molecule has 2 aromatic carbocycles. The summed E-state index contributed by atoms with van der Waals surface area (Å²) in [6.07, 6.45) is 0.180. The monoisotopic (exact) mass is 366 g/mol. The zero-order valence-electron chi connectivity index (χ0n) is 15.6. The molecule has 0 spiro atoms. The Hall–Kier alpha value is -3.15. The van der Waals surface area contributed by atoms with Crippen molar-refractivity contribution in [2.24, 2.45) is 5.92 Å². The zero-order valence-corrected chi connectivity index (χ0v) is 15.6. The molecular weight excluding hydrogens is 344 g/mol. The molecule has 1 heterocycles. The first-order chi connectivity index (χ1) is 12.9. The molecule has 6 heteroatoms. The van der Waals surface area contributed by atoms with Crippen molar-refractivity contribution in [1.29, 1.82) is 0 Å². The third-order valence-corrected chi connectivity index (χ3v) is 4.59. The zero-order chi connectivity index (χ0) is 19.6. The number of rotatable bonds is 4. The Morgan fingerprint density at radius 2 is 1.70 bits per heavy atom. The number of benzene rings is 2. The molecule has 1 aliphatic rings.